The summed E-state index contributed by atoms with van der Waals surface area (Å²) < 4.78 is 0. The monoisotopic (exact) mass is 281 g/mol. The maximum Gasteiger partial charge on any atom is 0.0704 e. The van der Waals surface area contributed by atoms with E-state index < -0.39 is 0 Å². The standard InChI is InChI=1S/C18H23N3/c1-3-20-10-12-21(13-11-20)17-6-4-16(5-7-17)18-14-15(2)8-9-19-18/h4-9,14H,3,10-13H2,1-2H3. The zero-order valence-corrected chi connectivity index (χ0v) is 12.9. The Balaban J connectivity index is 1.73. The molecule has 0 saturated carbocycles. The van der Waals surface area contributed by atoms with Crippen LogP contribution in [0.15, 0.2) is 42.6 Å². The number of pyridine rings is 1. The molecule has 1 fully saturated rings. The highest BCUT2D eigenvalue weighted by atomic mass is 15.3. The van der Waals surface area contributed by atoms with E-state index >= 15 is 0 Å². The molecular formula is C18H23N3. The van der Waals surface area contributed by atoms with E-state index in [4.69, 9.17) is 0 Å². The van der Waals surface area contributed by atoms with Gasteiger partial charge in [0.2, 0.25) is 0 Å². The van der Waals surface area contributed by atoms with Crippen LogP contribution in [0.2, 0.25) is 0 Å². The summed E-state index contributed by atoms with van der Waals surface area (Å²) in [5.74, 6) is 0. The summed E-state index contributed by atoms with van der Waals surface area (Å²) in [5, 5.41) is 0. The summed E-state index contributed by atoms with van der Waals surface area (Å²) in [5.41, 5.74) is 4.81. The number of aryl methyl sites for hydroxylation is 1. The lowest BCUT2D eigenvalue weighted by Gasteiger charge is -2.35. The first-order valence-corrected chi connectivity index (χ1v) is 7.76. The van der Waals surface area contributed by atoms with Gasteiger partial charge in [0.25, 0.3) is 0 Å². The molecule has 3 heteroatoms. The Bertz CT molecular complexity index is 584. The first-order chi connectivity index (χ1) is 10.3. The second-order valence-corrected chi connectivity index (χ2v) is 5.69. The van der Waals surface area contributed by atoms with E-state index in [1.165, 1.54) is 16.8 Å². The fourth-order valence-electron chi connectivity index (χ4n) is 2.86. The zero-order chi connectivity index (χ0) is 14.7. The largest absolute Gasteiger partial charge is 0.369 e. The topological polar surface area (TPSA) is 19.4 Å². The lowest BCUT2D eigenvalue weighted by molar-refractivity contribution is 0.271. The molecule has 110 valence electrons. The highest BCUT2D eigenvalue weighted by molar-refractivity contribution is 5.63. The Hall–Kier alpha value is -1.87. The van der Waals surface area contributed by atoms with Crippen molar-refractivity contribution in [3.05, 3.63) is 48.2 Å². The number of anilines is 1. The van der Waals surface area contributed by atoms with Crippen LogP contribution >= 0.6 is 0 Å². The minimum Gasteiger partial charge on any atom is -0.369 e. The van der Waals surface area contributed by atoms with Crippen molar-refractivity contribution in [1.29, 1.82) is 0 Å². The van der Waals surface area contributed by atoms with E-state index in [1.54, 1.807) is 0 Å². The van der Waals surface area contributed by atoms with E-state index in [9.17, 15) is 0 Å². The van der Waals surface area contributed by atoms with Crippen LogP contribution in [0.4, 0.5) is 5.69 Å². The Morgan fingerprint density at radius 3 is 2.33 bits per heavy atom. The molecule has 0 spiro atoms. The maximum atomic E-state index is 4.45. The normalized spacial score (nSPS) is 16.2. The van der Waals surface area contributed by atoms with Gasteiger partial charge in [-0.25, -0.2) is 0 Å². The van der Waals surface area contributed by atoms with Gasteiger partial charge in [0.15, 0.2) is 0 Å². The predicted octanol–water partition coefficient (Wildman–Crippen LogP) is 3.20. The van der Waals surface area contributed by atoms with Gasteiger partial charge < -0.3 is 9.80 Å². The molecule has 0 aliphatic carbocycles. The number of aromatic nitrogens is 1. The van der Waals surface area contributed by atoms with Gasteiger partial charge in [-0.05, 0) is 43.3 Å². The fourth-order valence-corrected chi connectivity index (χ4v) is 2.86. The zero-order valence-electron chi connectivity index (χ0n) is 12.9. The van der Waals surface area contributed by atoms with E-state index in [0.29, 0.717) is 0 Å². The second-order valence-electron chi connectivity index (χ2n) is 5.69. The van der Waals surface area contributed by atoms with Crippen molar-refractivity contribution in [3.63, 3.8) is 0 Å². The van der Waals surface area contributed by atoms with Crippen LogP contribution in [-0.2, 0) is 0 Å². The number of nitrogens with zero attached hydrogens (tertiary/aromatic N) is 3. The number of likely N-dealkylation sites (N-methyl/N-ethyl adjacent to an activating group) is 1. The number of piperazine rings is 1. The first kappa shape index (κ1) is 14.1. The average molecular weight is 281 g/mol. The van der Waals surface area contributed by atoms with E-state index in [-0.39, 0.29) is 0 Å². The predicted molar refractivity (Wildman–Crippen MR) is 88.7 cm³/mol. The Morgan fingerprint density at radius 2 is 1.71 bits per heavy atom. The maximum absolute atomic E-state index is 4.45. The van der Waals surface area contributed by atoms with Crippen LogP contribution in [0.1, 0.15) is 12.5 Å². The van der Waals surface area contributed by atoms with Gasteiger partial charge in [-0.15, -0.1) is 0 Å². The molecule has 1 aliphatic rings. The summed E-state index contributed by atoms with van der Waals surface area (Å²) in [7, 11) is 0. The molecule has 21 heavy (non-hydrogen) atoms. The van der Waals surface area contributed by atoms with E-state index in [1.807, 2.05) is 12.3 Å². The molecule has 0 atom stereocenters. The van der Waals surface area contributed by atoms with Crippen LogP contribution in [0, 0.1) is 6.92 Å². The van der Waals surface area contributed by atoms with Crippen LogP contribution in [0.3, 0.4) is 0 Å². The van der Waals surface area contributed by atoms with E-state index in [2.05, 4.69) is 59.0 Å². The molecule has 3 nitrogen and oxygen atoms in total. The number of rotatable bonds is 3. The average Bonchev–Trinajstić information content (AvgIpc) is 2.55. The molecule has 2 heterocycles. The quantitative estimate of drug-likeness (QED) is 0.861. The van der Waals surface area contributed by atoms with Crippen LogP contribution in [-0.4, -0.2) is 42.6 Å². The number of benzene rings is 1. The van der Waals surface area contributed by atoms with Crippen molar-refractivity contribution in [1.82, 2.24) is 9.88 Å². The molecule has 1 saturated heterocycles. The summed E-state index contributed by atoms with van der Waals surface area (Å²) >= 11 is 0. The minimum atomic E-state index is 1.05. The Morgan fingerprint density at radius 1 is 1.00 bits per heavy atom. The number of hydrogen-bond donors (Lipinski definition) is 0. The molecule has 1 aromatic heterocycles. The smallest absolute Gasteiger partial charge is 0.0704 e. The highest BCUT2D eigenvalue weighted by Crippen LogP contribution is 2.23. The van der Waals surface area contributed by atoms with Gasteiger partial charge in [0.05, 0.1) is 5.69 Å². The van der Waals surface area contributed by atoms with Crippen molar-refractivity contribution in [2.75, 3.05) is 37.6 Å². The molecule has 1 aliphatic heterocycles. The first-order valence-electron chi connectivity index (χ1n) is 7.76. The van der Waals surface area contributed by atoms with Gasteiger partial charge in [-0.3, -0.25) is 4.98 Å². The molecule has 0 unspecified atom stereocenters. The molecule has 0 radical (unpaired) electrons. The lowest BCUT2D eigenvalue weighted by Crippen LogP contribution is -2.46. The summed E-state index contributed by atoms with van der Waals surface area (Å²) in [6.45, 7) is 10.1. The SMILES string of the molecule is CCN1CCN(c2ccc(-c3cc(C)ccn3)cc2)CC1. The van der Waals surface area contributed by atoms with Gasteiger partial charge in [-0.2, -0.15) is 0 Å². The third-order valence-corrected chi connectivity index (χ3v) is 4.26. The van der Waals surface area contributed by atoms with Crippen molar-refractivity contribution in [3.8, 4) is 11.3 Å². The van der Waals surface area contributed by atoms with Gasteiger partial charge in [0, 0.05) is 43.6 Å². The summed E-state index contributed by atoms with van der Waals surface area (Å²) in [6, 6.07) is 13.0. The molecule has 0 N–H and O–H groups in total. The molecule has 1 aromatic carbocycles. The molecule has 0 bridgehead atoms. The molecule has 0 amide bonds. The van der Waals surface area contributed by atoms with E-state index in [0.717, 1.165) is 38.4 Å². The van der Waals surface area contributed by atoms with Gasteiger partial charge in [-0.1, -0.05) is 19.1 Å². The third-order valence-electron chi connectivity index (χ3n) is 4.26. The summed E-state index contributed by atoms with van der Waals surface area (Å²) in [4.78, 5) is 9.43. The minimum absolute atomic E-state index is 1.05. The highest BCUT2D eigenvalue weighted by Gasteiger charge is 2.15. The molecule has 3 rings (SSSR count). The lowest BCUT2D eigenvalue weighted by atomic mass is 10.1. The molecular weight excluding hydrogens is 258 g/mol. The molecule has 2 aromatic rings. The van der Waals surface area contributed by atoms with Crippen LogP contribution < -0.4 is 4.90 Å². The van der Waals surface area contributed by atoms with Gasteiger partial charge in [0.1, 0.15) is 0 Å². The van der Waals surface area contributed by atoms with Crippen LogP contribution in [0.25, 0.3) is 11.3 Å². The Labute approximate surface area is 127 Å². The van der Waals surface area contributed by atoms with Crippen molar-refractivity contribution < 1.29 is 0 Å². The second kappa shape index (κ2) is 6.27. The van der Waals surface area contributed by atoms with Crippen molar-refractivity contribution in [2.24, 2.45) is 0 Å². The van der Waals surface area contributed by atoms with Crippen molar-refractivity contribution in [2.45, 2.75) is 13.8 Å². The fraction of sp³-hybridized carbons (Fsp3) is 0.389. The Kier molecular flexibility index (Phi) is 4.20. The number of hydrogen-bond acceptors (Lipinski definition) is 3. The summed E-state index contributed by atoms with van der Waals surface area (Å²) in [6.07, 6.45) is 1.88. The van der Waals surface area contributed by atoms with Crippen molar-refractivity contribution >= 4 is 5.69 Å². The van der Waals surface area contributed by atoms with Crippen LogP contribution in [0.5, 0.6) is 0 Å². The van der Waals surface area contributed by atoms with Gasteiger partial charge >= 0.3 is 0 Å². The third kappa shape index (κ3) is 3.24.